The monoisotopic (exact) mass is 456 g/mol. The summed E-state index contributed by atoms with van der Waals surface area (Å²) in [5, 5.41) is 10.6. The van der Waals surface area contributed by atoms with Gasteiger partial charge in [0.15, 0.2) is 11.8 Å². The predicted octanol–water partition coefficient (Wildman–Crippen LogP) is 2.25. The summed E-state index contributed by atoms with van der Waals surface area (Å²) in [6, 6.07) is 9.05. The number of rotatable bonds is 4. The molecule has 1 unspecified atom stereocenters. The number of aliphatic imine (C=N–C) groups is 1. The van der Waals surface area contributed by atoms with Gasteiger partial charge in [-0.1, -0.05) is 22.9 Å². The predicted molar refractivity (Wildman–Crippen MR) is 110 cm³/mol. The van der Waals surface area contributed by atoms with Crippen LogP contribution in [0.15, 0.2) is 33.8 Å². The van der Waals surface area contributed by atoms with Crippen LogP contribution in [0.4, 0.5) is 5.69 Å². The molecule has 1 atom stereocenters. The first-order valence-corrected chi connectivity index (χ1v) is 8.22. The van der Waals surface area contributed by atoms with Crippen molar-refractivity contribution in [3.63, 3.8) is 0 Å². The van der Waals surface area contributed by atoms with Gasteiger partial charge < -0.3 is 20.1 Å². The van der Waals surface area contributed by atoms with Crippen molar-refractivity contribution in [1.82, 2.24) is 20.8 Å². The Labute approximate surface area is 165 Å². The average Bonchev–Trinajstić information content (AvgIpc) is 3.21. The van der Waals surface area contributed by atoms with Gasteiger partial charge >= 0.3 is 0 Å². The maximum atomic E-state index is 4.97. The molecule has 1 saturated heterocycles. The molecule has 1 fully saturated rings. The molecule has 1 aliphatic rings. The lowest BCUT2D eigenvalue weighted by molar-refractivity contribution is 0.386. The van der Waals surface area contributed by atoms with Crippen molar-refractivity contribution in [1.29, 1.82) is 0 Å². The fraction of sp³-hybridized carbons (Fsp3) is 0.471. The number of hydrogen-bond acceptors (Lipinski definition) is 5. The summed E-state index contributed by atoms with van der Waals surface area (Å²) < 4.78 is 4.97. The highest BCUT2D eigenvalue weighted by atomic mass is 127. The van der Waals surface area contributed by atoms with E-state index in [4.69, 9.17) is 4.52 Å². The molecular weight excluding hydrogens is 431 g/mol. The van der Waals surface area contributed by atoms with Crippen LogP contribution >= 0.6 is 24.0 Å². The van der Waals surface area contributed by atoms with Gasteiger partial charge in [0.25, 0.3) is 0 Å². The van der Waals surface area contributed by atoms with E-state index in [1.807, 2.05) is 0 Å². The Morgan fingerprint density at radius 3 is 2.72 bits per heavy atom. The summed E-state index contributed by atoms with van der Waals surface area (Å²) in [5.74, 6) is 1.95. The van der Waals surface area contributed by atoms with Crippen molar-refractivity contribution < 1.29 is 4.52 Å². The molecule has 0 aliphatic carbocycles. The Bertz CT molecular complexity index is 699. The Hall–Kier alpha value is -1.84. The highest BCUT2D eigenvalue weighted by Gasteiger charge is 2.23. The zero-order chi connectivity index (χ0) is 16.9. The minimum absolute atomic E-state index is 0. The summed E-state index contributed by atoms with van der Waals surface area (Å²) in [7, 11) is 1.77. The van der Waals surface area contributed by atoms with Crippen molar-refractivity contribution >= 4 is 35.6 Å². The molecule has 3 rings (SSSR count). The quantitative estimate of drug-likeness (QED) is 0.418. The lowest BCUT2D eigenvalue weighted by Crippen LogP contribution is -2.44. The van der Waals surface area contributed by atoms with Gasteiger partial charge in [-0.2, -0.15) is 4.98 Å². The number of benzene rings is 1. The fourth-order valence-electron chi connectivity index (χ4n) is 2.83. The highest BCUT2D eigenvalue weighted by Crippen LogP contribution is 2.20. The minimum Gasteiger partial charge on any atom is -0.369 e. The number of aromatic nitrogens is 2. The molecule has 136 valence electrons. The zero-order valence-corrected chi connectivity index (χ0v) is 17.2. The van der Waals surface area contributed by atoms with Crippen LogP contribution in [0.3, 0.4) is 0 Å². The van der Waals surface area contributed by atoms with Gasteiger partial charge in [0.05, 0.1) is 6.54 Å². The summed E-state index contributed by atoms with van der Waals surface area (Å²) >= 11 is 0. The van der Waals surface area contributed by atoms with Crippen LogP contribution in [-0.4, -0.2) is 42.3 Å². The van der Waals surface area contributed by atoms with E-state index in [1.54, 1.807) is 14.0 Å². The largest absolute Gasteiger partial charge is 0.369 e. The molecule has 2 aromatic rings. The molecule has 0 radical (unpaired) electrons. The van der Waals surface area contributed by atoms with Gasteiger partial charge in [-0.3, -0.25) is 4.99 Å². The molecular formula is C17H25IN6O. The zero-order valence-electron chi connectivity index (χ0n) is 14.8. The second-order valence-corrected chi connectivity index (χ2v) is 6.07. The van der Waals surface area contributed by atoms with Gasteiger partial charge in [-0.25, -0.2) is 0 Å². The number of halogens is 1. The van der Waals surface area contributed by atoms with Gasteiger partial charge in [-0.15, -0.1) is 24.0 Å². The molecule has 1 aromatic carbocycles. The van der Waals surface area contributed by atoms with Crippen molar-refractivity contribution in [2.75, 3.05) is 25.0 Å². The first kappa shape index (κ1) is 19.5. The SMILES string of the molecule is CN=C(NCc1noc(C)n1)NC1CCN(c2ccc(C)cc2)C1.I. The third kappa shape index (κ3) is 5.32. The van der Waals surface area contributed by atoms with Crippen molar-refractivity contribution in [3.8, 4) is 0 Å². The lowest BCUT2D eigenvalue weighted by atomic mass is 10.2. The Kier molecular flexibility index (Phi) is 7.03. The van der Waals surface area contributed by atoms with E-state index in [9.17, 15) is 0 Å². The molecule has 0 saturated carbocycles. The second kappa shape index (κ2) is 9.02. The smallest absolute Gasteiger partial charge is 0.223 e. The van der Waals surface area contributed by atoms with Crippen LogP contribution in [0.1, 0.15) is 23.7 Å². The van der Waals surface area contributed by atoms with Crippen LogP contribution in [-0.2, 0) is 6.54 Å². The van der Waals surface area contributed by atoms with E-state index < -0.39 is 0 Å². The number of aryl methyl sites for hydroxylation is 2. The fourth-order valence-corrected chi connectivity index (χ4v) is 2.83. The van der Waals surface area contributed by atoms with Gasteiger partial charge in [0.1, 0.15) is 0 Å². The Morgan fingerprint density at radius 2 is 2.08 bits per heavy atom. The van der Waals surface area contributed by atoms with E-state index in [-0.39, 0.29) is 24.0 Å². The Morgan fingerprint density at radius 1 is 1.32 bits per heavy atom. The number of anilines is 1. The van der Waals surface area contributed by atoms with Gasteiger partial charge in [-0.05, 0) is 25.5 Å². The lowest BCUT2D eigenvalue weighted by Gasteiger charge is -2.20. The third-order valence-electron chi connectivity index (χ3n) is 4.14. The molecule has 0 amide bonds. The second-order valence-electron chi connectivity index (χ2n) is 6.07. The molecule has 0 bridgehead atoms. The minimum atomic E-state index is 0. The van der Waals surface area contributed by atoms with E-state index in [0.29, 0.717) is 24.3 Å². The topological polar surface area (TPSA) is 78.6 Å². The molecule has 1 aromatic heterocycles. The van der Waals surface area contributed by atoms with Gasteiger partial charge in [0, 0.05) is 38.8 Å². The third-order valence-corrected chi connectivity index (χ3v) is 4.14. The van der Waals surface area contributed by atoms with Crippen molar-refractivity contribution in [3.05, 3.63) is 41.5 Å². The normalized spacial score (nSPS) is 17.3. The summed E-state index contributed by atoms with van der Waals surface area (Å²) in [6.07, 6.45) is 1.08. The van der Waals surface area contributed by atoms with Crippen LogP contribution < -0.4 is 15.5 Å². The maximum absolute atomic E-state index is 4.97. The van der Waals surface area contributed by atoms with Crippen molar-refractivity contribution in [2.24, 2.45) is 4.99 Å². The van der Waals surface area contributed by atoms with E-state index >= 15 is 0 Å². The molecule has 1 aliphatic heterocycles. The number of hydrogen-bond donors (Lipinski definition) is 2. The number of guanidine groups is 1. The number of nitrogens with zero attached hydrogens (tertiary/aromatic N) is 4. The highest BCUT2D eigenvalue weighted by molar-refractivity contribution is 14.0. The summed E-state index contributed by atoms with van der Waals surface area (Å²) in [4.78, 5) is 10.8. The average molecular weight is 456 g/mol. The van der Waals surface area contributed by atoms with E-state index in [2.05, 4.69) is 61.9 Å². The summed E-state index contributed by atoms with van der Waals surface area (Å²) in [6.45, 7) is 6.39. The molecule has 0 spiro atoms. The Balaban J connectivity index is 0.00000225. The van der Waals surface area contributed by atoms with Crippen LogP contribution in [0, 0.1) is 13.8 Å². The first-order chi connectivity index (χ1) is 11.6. The van der Waals surface area contributed by atoms with Crippen molar-refractivity contribution in [2.45, 2.75) is 32.9 Å². The molecule has 7 nitrogen and oxygen atoms in total. The molecule has 2 heterocycles. The molecule has 2 N–H and O–H groups in total. The molecule has 8 heteroatoms. The van der Waals surface area contributed by atoms with E-state index in [0.717, 1.165) is 25.5 Å². The van der Waals surface area contributed by atoms with Crippen LogP contribution in [0.25, 0.3) is 0 Å². The van der Waals surface area contributed by atoms with Crippen LogP contribution in [0.5, 0.6) is 0 Å². The maximum Gasteiger partial charge on any atom is 0.223 e. The van der Waals surface area contributed by atoms with Gasteiger partial charge in [0.2, 0.25) is 5.89 Å². The summed E-state index contributed by atoms with van der Waals surface area (Å²) in [5.41, 5.74) is 2.56. The number of nitrogens with one attached hydrogen (secondary N) is 2. The van der Waals surface area contributed by atoms with Crippen LogP contribution in [0.2, 0.25) is 0 Å². The molecule has 25 heavy (non-hydrogen) atoms. The first-order valence-electron chi connectivity index (χ1n) is 8.22. The van der Waals surface area contributed by atoms with E-state index in [1.165, 1.54) is 11.3 Å². The standard InChI is InChI=1S/C17H24N6O.HI/c1-12-4-6-15(7-5-12)23-9-8-14(11-23)21-17(18-3)19-10-16-20-13(2)24-22-16;/h4-7,14H,8-11H2,1-3H3,(H2,18,19,21);1H.